The van der Waals surface area contributed by atoms with E-state index in [9.17, 15) is 5.11 Å². The summed E-state index contributed by atoms with van der Waals surface area (Å²) in [6.45, 7) is 3.93. The van der Waals surface area contributed by atoms with Crippen LogP contribution in [0.2, 0.25) is 0 Å². The van der Waals surface area contributed by atoms with Gasteiger partial charge in [0.15, 0.2) is 5.65 Å². The first kappa shape index (κ1) is 15.5. The van der Waals surface area contributed by atoms with Crippen molar-refractivity contribution >= 4 is 22.4 Å². The fraction of sp³-hybridized carbons (Fsp3) is 0.222. The highest BCUT2D eigenvalue weighted by molar-refractivity contribution is 5.92. The molecule has 0 amide bonds. The Morgan fingerprint density at radius 3 is 2.72 bits per heavy atom. The number of hydrogen-bond acceptors (Lipinski definition) is 6. The molecule has 1 atom stereocenters. The second-order valence-electron chi connectivity index (χ2n) is 6.07. The Bertz CT molecular complexity index is 1090. The molecular formula is C18H18N6O. The van der Waals surface area contributed by atoms with Crippen LogP contribution in [0, 0.1) is 6.92 Å². The molecule has 25 heavy (non-hydrogen) atoms. The van der Waals surface area contributed by atoms with Crippen LogP contribution in [0.5, 0.6) is 0 Å². The van der Waals surface area contributed by atoms with E-state index in [1.807, 2.05) is 26.0 Å². The van der Waals surface area contributed by atoms with Gasteiger partial charge in [-0.1, -0.05) is 6.92 Å². The molecule has 126 valence electrons. The van der Waals surface area contributed by atoms with E-state index in [2.05, 4.69) is 20.1 Å². The number of nitrogens with zero attached hydrogens (tertiary/aromatic N) is 5. The highest BCUT2D eigenvalue weighted by atomic mass is 16.3. The van der Waals surface area contributed by atoms with Crippen molar-refractivity contribution < 1.29 is 5.11 Å². The second kappa shape index (κ2) is 5.78. The molecule has 4 rings (SSSR count). The molecule has 7 nitrogen and oxygen atoms in total. The van der Waals surface area contributed by atoms with Crippen molar-refractivity contribution in [2.24, 2.45) is 0 Å². The second-order valence-corrected chi connectivity index (χ2v) is 6.07. The van der Waals surface area contributed by atoms with Crippen molar-refractivity contribution in [2.45, 2.75) is 26.4 Å². The van der Waals surface area contributed by atoms with Gasteiger partial charge in [-0.05, 0) is 31.0 Å². The third-order valence-corrected chi connectivity index (χ3v) is 4.40. The molecule has 0 aliphatic heterocycles. The maximum atomic E-state index is 10.0. The standard InChI is InChI=1S/C18H18N6O/c1-3-16(25)14-4-10(2)13(8-20-14)12-5-11-7-21-17(19)6-15(11)24-18(12)22-9-23-24/h4-9,16,25H,3H2,1-2H3,(H2,19,21). The van der Waals surface area contributed by atoms with Crippen LogP contribution in [0.1, 0.15) is 30.7 Å². The van der Waals surface area contributed by atoms with Crippen LogP contribution in [0.3, 0.4) is 0 Å². The quantitative estimate of drug-likeness (QED) is 0.597. The van der Waals surface area contributed by atoms with Gasteiger partial charge in [-0.3, -0.25) is 4.98 Å². The first-order valence-electron chi connectivity index (χ1n) is 8.11. The van der Waals surface area contributed by atoms with Gasteiger partial charge in [0.05, 0.1) is 17.3 Å². The van der Waals surface area contributed by atoms with Gasteiger partial charge in [-0.2, -0.15) is 5.10 Å². The number of pyridine rings is 3. The highest BCUT2D eigenvalue weighted by Crippen LogP contribution is 2.31. The number of aryl methyl sites for hydroxylation is 1. The Balaban J connectivity index is 1.97. The fourth-order valence-electron chi connectivity index (χ4n) is 3.04. The summed E-state index contributed by atoms with van der Waals surface area (Å²) in [7, 11) is 0. The number of aromatic nitrogens is 5. The van der Waals surface area contributed by atoms with E-state index in [0.717, 1.165) is 33.2 Å². The van der Waals surface area contributed by atoms with E-state index in [1.54, 1.807) is 23.0 Å². The number of nitrogen functional groups attached to an aromatic ring is 1. The van der Waals surface area contributed by atoms with Crippen molar-refractivity contribution in [3.8, 4) is 11.1 Å². The van der Waals surface area contributed by atoms with Gasteiger partial charge < -0.3 is 10.8 Å². The number of nitrogens with two attached hydrogens (primary N) is 1. The van der Waals surface area contributed by atoms with E-state index in [1.165, 1.54) is 6.33 Å². The number of aliphatic hydroxyl groups excluding tert-OH is 1. The van der Waals surface area contributed by atoms with Crippen LogP contribution in [-0.2, 0) is 0 Å². The summed E-state index contributed by atoms with van der Waals surface area (Å²) in [4.78, 5) is 13.0. The van der Waals surface area contributed by atoms with E-state index in [4.69, 9.17) is 5.73 Å². The molecule has 0 saturated carbocycles. The molecule has 0 radical (unpaired) electrons. The third-order valence-electron chi connectivity index (χ3n) is 4.40. The topological polar surface area (TPSA) is 102 Å². The van der Waals surface area contributed by atoms with E-state index in [-0.39, 0.29) is 0 Å². The predicted molar refractivity (Wildman–Crippen MR) is 95.9 cm³/mol. The Hall–Kier alpha value is -3.06. The van der Waals surface area contributed by atoms with Crippen LogP contribution in [0.25, 0.3) is 27.7 Å². The van der Waals surface area contributed by atoms with E-state index < -0.39 is 6.10 Å². The molecule has 0 aliphatic rings. The zero-order valence-electron chi connectivity index (χ0n) is 14.0. The molecule has 0 spiro atoms. The largest absolute Gasteiger partial charge is 0.387 e. The first-order chi connectivity index (χ1) is 12.1. The molecule has 0 saturated heterocycles. The zero-order valence-corrected chi connectivity index (χ0v) is 14.0. The first-order valence-corrected chi connectivity index (χ1v) is 8.11. The lowest BCUT2D eigenvalue weighted by Gasteiger charge is -2.13. The van der Waals surface area contributed by atoms with Crippen LogP contribution in [0.15, 0.2) is 36.9 Å². The SMILES string of the molecule is CCC(O)c1cc(C)c(-c2cc3cnc(N)cc3n3ncnc23)cn1. The Morgan fingerprint density at radius 2 is 1.96 bits per heavy atom. The molecule has 1 unspecified atom stereocenters. The Labute approximate surface area is 144 Å². The summed E-state index contributed by atoms with van der Waals surface area (Å²) in [5, 5.41) is 15.3. The normalized spacial score (nSPS) is 12.8. The number of hydrogen-bond donors (Lipinski definition) is 2. The zero-order chi connectivity index (χ0) is 17.6. The van der Waals surface area contributed by atoms with Gasteiger partial charge >= 0.3 is 0 Å². The van der Waals surface area contributed by atoms with Gasteiger partial charge in [0.2, 0.25) is 0 Å². The minimum atomic E-state index is -0.551. The molecule has 0 bridgehead atoms. The van der Waals surface area contributed by atoms with E-state index >= 15 is 0 Å². The van der Waals surface area contributed by atoms with Gasteiger partial charge in [0, 0.05) is 35.0 Å². The summed E-state index contributed by atoms with van der Waals surface area (Å²) in [6.07, 6.45) is 5.11. The van der Waals surface area contributed by atoms with Crippen LogP contribution >= 0.6 is 0 Å². The predicted octanol–water partition coefficient (Wildman–Crippen LogP) is 2.67. The average Bonchev–Trinajstić information content (AvgIpc) is 3.11. The number of fused-ring (bicyclic) bond motifs is 3. The van der Waals surface area contributed by atoms with Gasteiger partial charge in [-0.15, -0.1) is 0 Å². The molecule has 0 aliphatic carbocycles. The van der Waals surface area contributed by atoms with Crippen molar-refractivity contribution in [1.82, 2.24) is 24.6 Å². The molecule has 4 heterocycles. The van der Waals surface area contributed by atoms with Gasteiger partial charge in [0.25, 0.3) is 0 Å². The Kier molecular flexibility index (Phi) is 3.58. The van der Waals surface area contributed by atoms with Crippen molar-refractivity contribution in [3.05, 3.63) is 48.2 Å². The van der Waals surface area contributed by atoms with Gasteiger partial charge in [0.1, 0.15) is 12.1 Å². The lowest BCUT2D eigenvalue weighted by Crippen LogP contribution is -2.01. The van der Waals surface area contributed by atoms with Crippen molar-refractivity contribution in [2.75, 3.05) is 5.73 Å². The molecule has 0 aromatic carbocycles. The summed E-state index contributed by atoms with van der Waals surface area (Å²) >= 11 is 0. The highest BCUT2D eigenvalue weighted by Gasteiger charge is 2.15. The molecule has 4 aromatic rings. The molecule has 3 N–H and O–H groups in total. The van der Waals surface area contributed by atoms with Crippen LogP contribution in [-0.4, -0.2) is 29.7 Å². The average molecular weight is 334 g/mol. The summed E-state index contributed by atoms with van der Waals surface area (Å²) < 4.78 is 1.76. The molecule has 4 aromatic heterocycles. The van der Waals surface area contributed by atoms with Crippen molar-refractivity contribution in [3.63, 3.8) is 0 Å². The minimum Gasteiger partial charge on any atom is -0.387 e. The molecule has 7 heteroatoms. The lowest BCUT2D eigenvalue weighted by atomic mass is 10.0. The molecule has 0 fully saturated rings. The maximum absolute atomic E-state index is 10.0. The number of rotatable bonds is 3. The fourth-order valence-corrected chi connectivity index (χ4v) is 3.04. The number of aliphatic hydroxyl groups is 1. The summed E-state index contributed by atoms with van der Waals surface area (Å²) in [6, 6.07) is 5.72. The van der Waals surface area contributed by atoms with E-state index in [0.29, 0.717) is 17.9 Å². The smallest absolute Gasteiger partial charge is 0.163 e. The monoisotopic (exact) mass is 334 g/mol. The van der Waals surface area contributed by atoms with Gasteiger partial charge in [-0.25, -0.2) is 14.5 Å². The summed E-state index contributed by atoms with van der Waals surface area (Å²) in [5.41, 5.74) is 11.0. The summed E-state index contributed by atoms with van der Waals surface area (Å²) in [5.74, 6) is 0.438. The van der Waals surface area contributed by atoms with Crippen LogP contribution in [0.4, 0.5) is 5.82 Å². The number of anilines is 1. The third kappa shape index (κ3) is 2.49. The molecular weight excluding hydrogens is 316 g/mol. The minimum absolute atomic E-state index is 0.438. The Morgan fingerprint density at radius 1 is 1.12 bits per heavy atom. The van der Waals surface area contributed by atoms with Crippen LogP contribution < -0.4 is 5.73 Å². The lowest BCUT2D eigenvalue weighted by molar-refractivity contribution is 0.169. The van der Waals surface area contributed by atoms with Crippen molar-refractivity contribution in [1.29, 1.82) is 0 Å². The maximum Gasteiger partial charge on any atom is 0.163 e.